The van der Waals surface area contributed by atoms with Gasteiger partial charge in [0.1, 0.15) is 11.6 Å². The van der Waals surface area contributed by atoms with Gasteiger partial charge in [0.25, 0.3) is 0 Å². The van der Waals surface area contributed by atoms with Gasteiger partial charge in [0.2, 0.25) is 0 Å². The number of hydrogen-bond acceptors (Lipinski definition) is 6. The molecule has 6 N–H and O–H groups in total. The average Bonchev–Trinajstić information content (AvgIpc) is 2.24. The topological polar surface area (TPSA) is 144 Å². The lowest BCUT2D eigenvalue weighted by Gasteiger charge is -1.93. The van der Waals surface area contributed by atoms with E-state index in [4.69, 9.17) is 11.5 Å². The van der Waals surface area contributed by atoms with Crippen LogP contribution in [0.5, 0.6) is 0 Å². The predicted octanol–water partition coefficient (Wildman–Crippen LogP) is -0.987. The molecule has 8 nitrogen and oxygen atoms in total. The Kier molecular flexibility index (Phi) is 3.98. The van der Waals surface area contributed by atoms with Crippen molar-refractivity contribution >= 4 is 11.6 Å². The van der Waals surface area contributed by atoms with Crippen molar-refractivity contribution < 1.29 is 0 Å². The summed E-state index contributed by atoms with van der Waals surface area (Å²) in [5.41, 5.74) is 10.5. The maximum Gasteiger partial charge on any atom is 0.346 e. The molecule has 0 radical (unpaired) electrons. The first kappa shape index (κ1) is 12.4. The summed E-state index contributed by atoms with van der Waals surface area (Å²) in [5, 5.41) is 0. The van der Waals surface area contributed by atoms with Crippen molar-refractivity contribution in [2.75, 3.05) is 11.5 Å². The van der Waals surface area contributed by atoms with Gasteiger partial charge in [0.15, 0.2) is 0 Å². The molecule has 90 valence electrons. The molecule has 0 aliphatic rings. The van der Waals surface area contributed by atoms with Crippen LogP contribution in [0.1, 0.15) is 5.56 Å². The van der Waals surface area contributed by atoms with Crippen LogP contribution in [0, 0.1) is 6.92 Å². The van der Waals surface area contributed by atoms with Crippen LogP contribution in [0.25, 0.3) is 0 Å². The fourth-order valence-electron chi connectivity index (χ4n) is 0.854. The Labute approximate surface area is 95.7 Å². The van der Waals surface area contributed by atoms with E-state index in [-0.39, 0.29) is 0 Å². The van der Waals surface area contributed by atoms with Crippen molar-refractivity contribution in [1.82, 2.24) is 19.9 Å². The van der Waals surface area contributed by atoms with Crippen molar-refractivity contribution in [2.45, 2.75) is 6.92 Å². The largest absolute Gasteiger partial charge is 0.385 e. The van der Waals surface area contributed by atoms with Gasteiger partial charge in [-0.15, -0.1) is 0 Å². The summed E-state index contributed by atoms with van der Waals surface area (Å²) in [4.78, 5) is 32.1. The lowest BCUT2D eigenvalue weighted by Crippen LogP contribution is -2.12. The number of nitrogen functional groups attached to an aromatic ring is 2. The number of nitrogens with zero attached hydrogens (tertiary/aromatic N) is 2. The third-order valence-corrected chi connectivity index (χ3v) is 1.74. The van der Waals surface area contributed by atoms with Crippen LogP contribution < -0.4 is 22.8 Å². The number of aromatic nitrogens is 4. The van der Waals surface area contributed by atoms with Gasteiger partial charge in [-0.1, -0.05) is 0 Å². The highest BCUT2D eigenvalue weighted by Gasteiger charge is 1.90. The standard InChI is InChI=1S/C5H7N3O.C4H5N3O/c1-3-2-7-5(9)8-4(3)6;5-3-1-2-6-4(8)7-3/h2H,1H3,(H3,6,7,8,9);1-2H,(H3,5,6,7,8). The molecule has 2 aromatic heterocycles. The third kappa shape index (κ3) is 4.16. The Morgan fingerprint density at radius 1 is 1.12 bits per heavy atom. The monoisotopic (exact) mass is 236 g/mol. The van der Waals surface area contributed by atoms with Crippen molar-refractivity contribution in [3.63, 3.8) is 0 Å². The van der Waals surface area contributed by atoms with Gasteiger partial charge in [0.05, 0.1) is 0 Å². The Hall–Kier alpha value is -2.64. The number of nitrogens with one attached hydrogen (secondary N) is 2. The fraction of sp³-hybridized carbons (Fsp3) is 0.111. The van der Waals surface area contributed by atoms with Crippen LogP contribution in [-0.4, -0.2) is 19.9 Å². The molecule has 0 spiro atoms. The molecule has 0 unspecified atom stereocenters. The minimum absolute atomic E-state index is 0.338. The van der Waals surface area contributed by atoms with E-state index in [1.807, 2.05) is 0 Å². The molecule has 0 atom stereocenters. The molecule has 0 aliphatic carbocycles. The quantitative estimate of drug-likeness (QED) is 0.462. The van der Waals surface area contributed by atoms with Gasteiger partial charge in [-0.2, -0.15) is 0 Å². The molecule has 8 heteroatoms. The first-order valence-electron chi connectivity index (χ1n) is 4.61. The first-order valence-corrected chi connectivity index (χ1v) is 4.61. The van der Waals surface area contributed by atoms with Crippen LogP contribution in [0.3, 0.4) is 0 Å². The SMILES string of the molecule is Cc1cnc(=O)[nH]c1N.Nc1ccnc(=O)[nH]1. The summed E-state index contributed by atoms with van der Waals surface area (Å²) >= 11 is 0. The molecule has 0 fully saturated rings. The third-order valence-electron chi connectivity index (χ3n) is 1.74. The van der Waals surface area contributed by atoms with Gasteiger partial charge in [-0.3, -0.25) is 9.97 Å². The number of anilines is 2. The molecule has 2 heterocycles. The van der Waals surface area contributed by atoms with Crippen molar-refractivity contribution in [2.24, 2.45) is 0 Å². The lowest BCUT2D eigenvalue weighted by molar-refractivity contribution is 1.06. The fourth-order valence-corrected chi connectivity index (χ4v) is 0.854. The summed E-state index contributed by atoms with van der Waals surface area (Å²) in [6.45, 7) is 1.78. The molecule has 0 aliphatic heterocycles. The highest BCUT2D eigenvalue weighted by molar-refractivity contribution is 5.34. The van der Waals surface area contributed by atoms with E-state index in [2.05, 4.69) is 19.9 Å². The molecular formula is C9H12N6O2. The van der Waals surface area contributed by atoms with Crippen LogP contribution in [-0.2, 0) is 0 Å². The van der Waals surface area contributed by atoms with E-state index in [1.165, 1.54) is 18.5 Å². The minimum atomic E-state index is -0.412. The Bertz CT molecular complexity index is 603. The molecule has 0 saturated carbocycles. The van der Waals surface area contributed by atoms with Gasteiger partial charge in [-0.05, 0) is 13.0 Å². The molecule has 17 heavy (non-hydrogen) atoms. The van der Waals surface area contributed by atoms with Crippen LogP contribution in [0.15, 0.2) is 28.0 Å². The van der Waals surface area contributed by atoms with Gasteiger partial charge in [0, 0.05) is 18.0 Å². The van der Waals surface area contributed by atoms with Crippen molar-refractivity contribution in [3.05, 3.63) is 45.0 Å². The summed E-state index contributed by atoms with van der Waals surface area (Å²) in [5.74, 6) is 0.722. The van der Waals surface area contributed by atoms with Gasteiger partial charge in [-0.25, -0.2) is 19.6 Å². The van der Waals surface area contributed by atoms with Gasteiger partial charge < -0.3 is 11.5 Å². The normalized spacial score (nSPS) is 9.24. The molecule has 0 aromatic carbocycles. The molecular weight excluding hydrogens is 224 g/mol. The Morgan fingerprint density at radius 2 is 1.76 bits per heavy atom. The van der Waals surface area contributed by atoms with Crippen LogP contribution in [0.4, 0.5) is 11.6 Å². The number of nitrogens with two attached hydrogens (primary N) is 2. The van der Waals surface area contributed by atoms with Crippen molar-refractivity contribution in [3.8, 4) is 0 Å². The summed E-state index contributed by atoms with van der Waals surface area (Å²) in [7, 11) is 0. The maximum atomic E-state index is 10.4. The van der Waals surface area contributed by atoms with Crippen LogP contribution >= 0.6 is 0 Å². The number of rotatable bonds is 0. The van der Waals surface area contributed by atoms with Gasteiger partial charge >= 0.3 is 11.4 Å². The number of hydrogen-bond donors (Lipinski definition) is 4. The first-order chi connectivity index (χ1) is 7.99. The molecule has 0 bridgehead atoms. The number of aryl methyl sites for hydroxylation is 1. The minimum Gasteiger partial charge on any atom is -0.385 e. The Balaban J connectivity index is 0.000000171. The smallest absolute Gasteiger partial charge is 0.346 e. The second-order valence-electron chi connectivity index (χ2n) is 3.12. The van der Waals surface area contributed by atoms with E-state index in [0.717, 1.165) is 5.56 Å². The molecule has 2 rings (SSSR count). The summed E-state index contributed by atoms with van der Waals surface area (Å²) in [6.07, 6.45) is 2.79. The maximum absolute atomic E-state index is 10.4. The number of H-pyrrole nitrogens is 2. The van der Waals surface area contributed by atoms with E-state index in [0.29, 0.717) is 11.6 Å². The highest BCUT2D eigenvalue weighted by Crippen LogP contribution is 1.97. The average molecular weight is 236 g/mol. The van der Waals surface area contributed by atoms with E-state index in [9.17, 15) is 9.59 Å². The van der Waals surface area contributed by atoms with Crippen LogP contribution in [0.2, 0.25) is 0 Å². The second-order valence-corrected chi connectivity index (χ2v) is 3.12. The molecule has 0 amide bonds. The lowest BCUT2D eigenvalue weighted by atomic mass is 10.4. The predicted molar refractivity (Wildman–Crippen MR) is 63.3 cm³/mol. The zero-order chi connectivity index (χ0) is 12.8. The summed E-state index contributed by atoms with van der Waals surface area (Å²) in [6, 6.07) is 1.52. The summed E-state index contributed by atoms with van der Waals surface area (Å²) < 4.78 is 0. The van der Waals surface area contributed by atoms with E-state index in [1.54, 1.807) is 6.92 Å². The number of aromatic amines is 2. The Morgan fingerprint density at radius 3 is 2.18 bits per heavy atom. The molecule has 2 aromatic rings. The van der Waals surface area contributed by atoms with E-state index >= 15 is 0 Å². The second kappa shape index (κ2) is 5.45. The molecule has 0 saturated heterocycles. The van der Waals surface area contributed by atoms with Crippen molar-refractivity contribution in [1.29, 1.82) is 0 Å². The zero-order valence-corrected chi connectivity index (χ0v) is 9.10. The zero-order valence-electron chi connectivity index (χ0n) is 9.10. The highest BCUT2D eigenvalue weighted by atomic mass is 16.1. The van der Waals surface area contributed by atoms with E-state index < -0.39 is 11.4 Å².